The van der Waals surface area contributed by atoms with Crippen molar-refractivity contribution in [3.8, 4) is 17.2 Å². The minimum Gasteiger partial charge on any atom is -0.492 e. The topological polar surface area (TPSA) is 68.4 Å². The Morgan fingerprint density at radius 3 is 2.00 bits per heavy atom. The number of aliphatic hydroxyl groups excluding tert-OH is 1. The smallest absolute Gasteiger partial charge is 0.402 e. The molecule has 1 fully saturated rings. The molecule has 0 amide bonds. The molecule has 1 saturated heterocycles. The van der Waals surface area contributed by atoms with E-state index in [9.17, 15) is 5.11 Å². The van der Waals surface area contributed by atoms with E-state index in [2.05, 4.69) is 26.9 Å². The van der Waals surface area contributed by atoms with Gasteiger partial charge in [-0.1, -0.05) is 23.7 Å². The summed E-state index contributed by atoms with van der Waals surface area (Å²) in [4.78, 5) is 8.04. The quantitative estimate of drug-likeness (QED) is 0.238. The van der Waals surface area contributed by atoms with Crippen LogP contribution in [-0.4, -0.2) is 86.5 Å². The lowest BCUT2D eigenvalue weighted by Gasteiger charge is -2.34. The van der Waals surface area contributed by atoms with Crippen molar-refractivity contribution in [3.05, 3.63) is 47.0 Å². The molecule has 0 bridgehead atoms. The summed E-state index contributed by atoms with van der Waals surface area (Å²) in [6.07, 6.45) is 2.07. The molecule has 7 nitrogen and oxygen atoms in total. The molecule has 1 heterocycles. The number of aliphatic hydroxyl groups is 1. The molecule has 11 heteroatoms. The normalized spacial score (nSPS) is 14.5. The third-order valence-electron chi connectivity index (χ3n) is 5.87. The van der Waals surface area contributed by atoms with Gasteiger partial charge in [0.05, 0.1) is 33.5 Å². The summed E-state index contributed by atoms with van der Waals surface area (Å²) in [5.41, 5.74) is 2.01. The number of benzene rings is 2. The summed E-state index contributed by atoms with van der Waals surface area (Å²) >= 11 is 7.37. The summed E-state index contributed by atoms with van der Waals surface area (Å²) in [6.45, 7) is 6.49. The van der Waals surface area contributed by atoms with E-state index in [0.29, 0.717) is 22.9 Å². The number of methoxy groups -OCH3 is 3. The van der Waals surface area contributed by atoms with Crippen LogP contribution in [-0.2, 0) is 6.42 Å². The molecule has 2 aromatic carbocycles. The van der Waals surface area contributed by atoms with Gasteiger partial charge in [0, 0.05) is 43.5 Å². The molecular weight excluding hydrogens is 545 g/mol. The minimum absolute atomic E-state index is 0. The fraction of sp³-hybridized carbons (Fsp3) is 0.480. The van der Waals surface area contributed by atoms with Crippen molar-refractivity contribution in [2.24, 2.45) is 0 Å². The van der Waals surface area contributed by atoms with Crippen molar-refractivity contribution >= 4 is 59.1 Å². The summed E-state index contributed by atoms with van der Waals surface area (Å²) in [7, 11) is 4.70. The number of hydrogen-bond donors (Lipinski definition) is 2. The fourth-order valence-corrected chi connectivity index (χ4v) is 4.73. The Morgan fingerprint density at radius 2 is 1.47 bits per heavy atom. The Labute approximate surface area is 236 Å². The predicted octanol–water partition coefficient (Wildman–Crippen LogP) is 3.82. The van der Waals surface area contributed by atoms with Crippen LogP contribution in [0, 0.1) is 0 Å². The molecule has 0 saturated carbocycles. The highest BCUT2D eigenvalue weighted by Gasteiger charge is 2.18. The average molecular weight is 582 g/mol. The number of ether oxygens (including phenoxy) is 3. The third kappa shape index (κ3) is 10.1. The van der Waals surface area contributed by atoms with E-state index in [0.717, 1.165) is 62.9 Å². The second-order valence-corrected chi connectivity index (χ2v) is 9.63. The Morgan fingerprint density at radius 1 is 0.917 bits per heavy atom. The molecule has 0 aliphatic carbocycles. The van der Waals surface area contributed by atoms with Crippen LogP contribution in [0.25, 0.3) is 0 Å². The Bertz CT molecular complexity index is 918. The predicted molar refractivity (Wildman–Crippen MR) is 154 cm³/mol. The van der Waals surface area contributed by atoms with Gasteiger partial charge in [-0.05, 0) is 48.8 Å². The Hall–Kier alpha value is -1.55. The summed E-state index contributed by atoms with van der Waals surface area (Å²) in [6, 6.07) is 11.7. The monoisotopic (exact) mass is 580 g/mol. The molecular formula is C25H37Cl3N3O4S+. The Balaban J connectivity index is 0.00000324. The second-order valence-electron chi connectivity index (χ2n) is 8.11. The van der Waals surface area contributed by atoms with Crippen LogP contribution < -0.4 is 19.2 Å². The van der Waals surface area contributed by atoms with Crippen molar-refractivity contribution < 1.29 is 24.3 Å². The van der Waals surface area contributed by atoms with Gasteiger partial charge in [0.25, 0.3) is 0 Å². The molecule has 0 aromatic heterocycles. The molecule has 0 unspecified atom stereocenters. The van der Waals surface area contributed by atoms with Gasteiger partial charge in [0.2, 0.25) is 11.4 Å². The van der Waals surface area contributed by atoms with Crippen molar-refractivity contribution in [2.75, 3.05) is 66.4 Å². The second kappa shape index (κ2) is 17.1. The first-order valence-electron chi connectivity index (χ1n) is 11.5. The minimum atomic E-state index is 0. The number of thioether (sulfide) groups is 1. The average Bonchev–Trinajstić information content (AvgIpc) is 2.86. The van der Waals surface area contributed by atoms with Crippen LogP contribution >= 0.6 is 48.2 Å². The van der Waals surface area contributed by atoms with E-state index in [-0.39, 0.29) is 30.0 Å². The number of piperazine rings is 1. The lowest BCUT2D eigenvalue weighted by Crippen LogP contribution is -2.65. The van der Waals surface area contributed by atoms with E-state index in [4.69, 9.17) is 25.8 Å². The van der Waals surface area contributed by atoms with Crippen LogP contribution in [0.3, 0.4) is 0 Å². The van der Waals surface area contributed by atoms with Gasteiger partial charge in [-0.15, -0.1) is 24.8 Å². The number of nitrogens with one attached hydrogen (secondary N) is 1. The maximum atomic E-state index is 10.3. The standard InChI is InChI=1S/C25H34ClN3O4S.2ClH/c1-31-22-17-21(18-23(32-2)24(22)33-3)27-25(30)34-16-4-10-28-12-14-29(15-13-28)11-9-19-5-7-20(26)8-6-19;;/h5-8,17-18H,4,9-16H2,1-3H3,(H,27,30);2*1H/p+1. The first-order chi connectivity index (χ1) is 16.5. The fourth-order valence-electron chi connectivity index (χ4n) is 3.94. The molecule has 36 heavy (non-hydrogen) atoms. The zero-order chi connectivity index (χ0) is 24.3. The molecule has 202 valence electrons. The largest absolute Gasteiger partial charge is 0.492 e. The summed E-state index contributed by atoms with van der Waals surface area (Å²) in [5.74, 6) is 2.43. The molecule has 0 radical (unpaired) electrons. The molecule has 2 N–H and O–H groups in total. The van der Waals surface area contributed by atoms with Crippen LogP contribution in [0.15, 0.2) is 36.4 Å². The first-order valence-corrected chi connectivity index (χ1v) is 12.8. The van der Waals surface area contributed by atoms with Crippen LogP contribution in [0.1, 0.15) is 12.0 Å². The number of hydrogen-bond acceptors (Lipinski definition) is 6. The van der Waals surface area contributed by atoms with E-state index >= 15 is 0 Å². The highest BCUT2D eigenvalue weighted by molar-refractivity contribution is 8.13. The van der Waals surface area contributed by atoms with Gasteiger partial charge >= 0.3 is 5.23 Å². The van der Waals surface area contributed by atoms with Gasteiger partial charge in [-0.3, -0.25) is 0 Å². The van der Waals surface area contributed by atoms with E-state index in [1.54, 1.807) is 33.5 Å². The maximum absolute atomic E-state index is 10.3. The summed E-state index contributed by atoms with van der Waals surface area (Å²) < 4.78 is 16.1. The number of halogens is 3. The van der Waals surface area contributed by atoms with Crippen molar-refractivity contribution in [1.82, 2.24) is 9.80 Å². The lowest BCUT2D eigenvalue weighted by molar-refractivity contribution is -0.361. The van der Waals surface area contributed by atoms with Crippen LogP contribution in [0.2, 0.25) is 5.02 Å². The highest BCUT2D eigenvalue weighted by atomic mass is 35.5. The van der Waals surface area contributed by atoms with Crippen molar-refractivity contribution in [2.45, 2.75) is 12.8 Å². The van der Waals surface area contributed by atoms with E-state index in [1.807, 2.05) is 12.1 Å². The van der Waals surface area contributed by atoms with Gasteiger partial charge in [-0.2, -0.15) is 4.99 Å². The third-order valence-corrected chi connectivity index (χ3v) is 6.99. The lowest BCUT2D eigenvalue weighted by atomic mass is 10.1. The summed E-state index contributed by atoms with van der Waals surface area (Å²) in [5, 5.41) is 11.3. The number of nitrogens with zero attached hydrogens (tertiary/aromatic N) is 2. The maximum Gasteiger partial charge on any atom is 0.402 e. The zero-order valence-electron chi connectivity index (χ0n) is 21.0. The molecule has 0 atom stereocenters. The first kappa shape index (κ1) is 32.5. The van der Waals surface area contributed by atoms with Gasteiger partial charge < -0.3 is 29.1 Å². The highest BCUT2D eigenvalue weighted by Crippen LogP contribution is 2.38. The van der Waals surface area contributed by atoms with E-state index in [1.165, 1.54) is 17.3 Å². The van der Waals surface area contributed by atoms with Gasteiger partial charge in [0.1, 0.15) is 0 Å². The molecule has 3 rings (SSSR count). The van der Waals surface area contributed by atoms with Gasteiger partial charge in [-0.25, -0.2) is 0 Å². The Kier molecular flexibility index (Phi) is 15.4. The molecule has 0 spiro atoms. The van der Waals surface area contributed by atoms with Gasteiger partial charge in [0.15, 0.2) is 11.5 Å². The van der Waals surface area contributed by atoms with Crippen molar-refractivity contribution in [3.63, 3.8) is 0 Å². The van der Waals surface area contributed by atoms with Crippen LogP contribution in [0.4, 0.5) is 5.69 Å². The van der Waals surface area contributed by atoms with E-state index < -0.39 is 0 Å². The van der Waals surface area contributed by atoms with Crippen molar-refractivity contribution in [1.29, 1.82) is 0 Å². The SMILES string of the molecule is COc1cc([NH+]=C(O)SCCCN2CCN(CCc3ccc(Cl)cc3)CC2)cc(OC)c1OC.Cl.Cl. The molecule has 1 aliphatic rings. The zero-order valence-corrected chi connectivity index (χ0v) is 24.2. The molecule has 2 aromatic rings. The number of rotatable bonds is 11. The van der Waals surface area contributed by atoms with Crippen LogP contribution in [0.5, 0.6) is 17.2 Å². The molecule has 1 aliphatic heterocycles.